The molecule has 0 aliphatic heterocycles. The lowest BCUT2D eigenvalue weighted by molar-refractivity contribution is -0.385. The summed E-state index contributed by atoms with van der Waals surface area (Å²) >= 11 is 3.15. The third-order valence-electron chi connectivity index (χ3n) is 10.3. The third kappa shape index (κ3) is 32.3. The van der Waals surface area contributed by atoms with E-state index < -0.39 is 19.7 Å². The molecule has 85 heavy (non-hydrogen) atoms. The molecule has 0 aliphatic rings. The van der Waals surface area contributed by atoms with Crippen LogP contribution in [0, 0.1) is 40.5 Å². The fraction of sp³-hybridized carbons (Fsp3) is 0.358. The lowest BCUT2D eigenvalue weighted by atomic mass is 10.3. The summed E-state index contributed by atoms with van der Waals surface area (Å²) in [7, 11) is 0. The Morgan fingerprint density at radius 3 is 1.15 bits per heavy atom. The number of hydrogen-bond acceptors (Lipinski definition) is 21. The molecule has 7 rings (SSSR count). The van der Waals surface area contributed by atoms with E-state index in [1.54, 1.807) is 41.1 Å². The second kappa shape index (κ2) is 43.7. The van der Waals surface area contributed by atoms with Crippen molar-refractivity contribution in [3.05, 3.63) is 206 Å². The van der Waals surface area contributed by atoms with Crippen LogP contribution in [-0.4, -0.2) is 117 Å². The highest BCUT2D eigenvalue weighted by Gasteiger charge is 2.08. The van der Waals surface area contributed by atoms with E-state index >= 15 is 0 Å². The van der Waals surface area contributed by atoms with Gasteiger partial charge < -0.3 is 34.3 Å². The van der Waals surface area contributed by atoms with Gasteiger partial charge in [0.15, 0.2) is 0 Å². The van der Waals surface area contributed by atoms with Gasteiger partial charge in [-0.2, -0.15) is 0 Å². The van der Waals surface area contributed by atoms with Gasteiger partial charge in [-0.25, -0.2) is 0 Å². The van der Waals surface area contributed by atoms with E-state index in [9.17, 15) is 40.5 Å². The average Bonchev–Trinajstić information content (AvgIpc) is 4.31. The minimum Gasteiger partial charge on any atom is -0.508 e. The topological polar surface area (TPSA) is 429 Å². The molecule has 2 aromatic heterocycles. The zero-order valence-electron chi connectivity index (χ0n) is 46.5. The predicted molar refractivity (Wildman–Crippen MR) is 315 cm³/mol. The Labute approximate surface area is 495 Å². The zero-order valence-corrected chi connectivity index (χ0v) is 48.1. The molecule has 32 heteroatoms. The summed E-state index contributed by atoms with van der Waals surface area (Å²) in [6.07, 6.45) is 9.32. The van der Waals surface area contributed by atoms with E-state index in [1.165, 1.54) is 84.9 Å². The molecule has 0 saturated carbocycles. The largest absolute Gasteiger partial charge is 0.508 e. The van der Waals surface area contributed by atoms with Gasteiger partial charge in [0, 0.05) is 134 Å². The van der Waals surface area contributed by atoms with Gasteiger partial charge in [0.05, 0.1) is 57.5 Å². The number of aliphatic hydroxyl groups excluding tert-OH is 2. The second-order valence-corrected chi connectivity index (χ2v) is 17.4. The molecule has 0 atom stereocenters. The van der Waals surface area contributed by atoms with Gasteiger partial charge >= 0.3 is 0 Å². The van der Waals surface area contributed by atoms with Crippen LogP contribution in [0.15, 0.2) is 144 Å². The first-order chi connectivity index (χ1) is 41.1. The van der Waals surface area contributed by atoms with Crippen LogP contribution in [0.1, 0.15) is 57.3 Å². The number of halogens is 1. The normalized spacial score (nSPS) is 9.75. The maximum atomic E-state index is 10.5. The van der Waals surface area contributed by atoms with Crippen molar-refractivity contribution in [3.8, 4) is 28.7 Å². The molecular formula is C53H65BrN16O15. The number of azide groups is 2. The standard InChI is InChI=1S/C13H16N6O.C13H16N4O3.C9H10N4O3.C9H11NO4.C6H5NO3.C3H7BrO/c1-2-11-10-19(18-16-11)8-3-9-20-13-6-4-12(5-7-13)15-17-14;1-2-11-10-16(15-14-11)8-3-9-20-13-6-4-12(5-7-13)17(18)19;10-12-11-6-1-7-16-9-4-2-8(3-5-9)13(14)15;11-6-1-7-14-9-4-2-8(3-5-9)10(12)13;8-6-3-1-5(2-4-6)7(9)10;4-2-1-3-5/h2*4-7,10H,2-3,8-9H2,1H3;2-5H,1,6-7H2;2-5,11H,1,6-7H2;1-4,8H;5H,1-3H2. The maximum Gasteiger partial charge on any atom is 0.269 e. The van der Waals surface area contributed by atoms with Crippen LogP contribution < -0.4 is 18.9 Å². The summed E-state index contributed by atoms with van der Waals surface area (Å²) in [5.41, 5.74) is 19.0. The van der Waals surface area contributed by atoms with Crippen LogP contribution in [-0.2, 0) is 25.9 Å². The number of aryl methyl sites for hydroxylation is 4. The molecule has 454 valence electrons. The van der Waals surface area contributed by atoms with Crippen molar-refractivity contribution in [2.75, 3.05) is 51.5 Å². The van der Waals surface area contributed by atoms with Crippen molar-refractivity contribution in [2.24, 2.45) is 10.2 Å². The van der Waals surface area contributed by atoms with Gasteiger partial charge in [0.2, 0.25) is 0 Å². The van der Waals surface area contributed by atoms with Crippen molar-refractivity contribution in [3.63, 3.8) is 0 Å². The number of rotatable bonds is 28. The third-order valence-corrected chi connectivity index (χ3v) is 10.9. The number of aromatic nitrogens is 6. The van der Waals surface area contributed by atoms with E-state index in [4.69, 9.17) is 45.3 Å². The summed E-state index contributed by atoms with van der Waals surface area (Å²) in [4.78, 5) is 44.7. The Hall–Kier alpha value is -10.0. The number of alkyl halides is 1. The molecule has 0 amide bonds. The monoisotopic (exact) mass is 1240 g/mol. The van der Waals surface area contributed by atoms with Crippen molar-refractivity contribution >= 4 is 44.4 Å². The fourth-order valence-corrected chi connectivity index (χ4v) is 6.22. The number of nitrogens with zero attached hydrogens (tertiary/aromatic N) is 16. The Balaban J connectivity index is 0.000000361. The Kier molecular flexibility index (Phi) is 36.6. The van der Waals surface area contributed by atoms with E-state index in [0.717, 1.165) is 67.7 Å². The van der Waals surface area contributed by atoms with Crippen LogP contribution in [0.2, 0.25) is 0 Å². The Bertz CT molecular complexity index is 3000. The van der Waals surface area contributed by atoms with Crippen LogP contribution in [0.4, 0.5) is 28.4 Å². The minimum atomic E-state index is -0.514. The highest BCUT2D eigenvalue weighted by Crippen LogP contribution is 2.21. The van der Waals surface area contributed by atoms with Crippen LogP contribution in [0.25, 0.3) is 20.9 Å². The molecule has 5 aromatic carbocycles. The fourth-order valence-electron chi connectivity index (χ4n) is 5.96. The van der Waals surface area contributed by atoms with Crippen LogP contribution in [0.5, 0.6) is 28.7 Å². The molecule has 3 N–H and O–H groups in total. The Morgan fingerprint density at radius 1 is 0.518 bits per heavy atom. The maximum absolute atomic E-state index is 10.5. The smallest absolute Gasteiger partial charge is 0.269 e. The first kappa shape index (κ1) is 71.1. The van der Waals surface area contributed by atoms with E-state index in [0.29, 0.717) is 75.4 Å². The van der Waals surface area contributed by atoms with E-state index in [-0.39, 0.29) is 35.1 Å². The summed E-state index contributed by atoms with van der Waals surface area (Å²) < 4.78 is 25.2. The summed E-state index contributed by atoms with van der Waals surface area (Å²) in [5.74, 6) is 2.55. The number of benzene rings is 5. The van der Waals surface area contributed by atoms with Crippen molar-refractivity contribution in [1.29, 1.82) is 0 Å². The van der Waals surface area contributed by atoms with Gasteiger partial charge in [-0.05, 0) is 110 Å². The Morgan fingerprint density at radius 2 is 0.859 bits per heavy atom. The number of nitro benzene ring substituents is 4. The van der Waals surface area contributed by atoms with Gasteiger partial charge in [-0.1, -0.05) is 50.4 Å². The molecule has 0 fully saturated rings. The number of phenols is 1. The quantitative estimate of drug-likeness (QED) is 0.00780. The molecule has 0 unspecified atom stereocenters. The van der Waals surface area contributed by atoms with Gasteiger partial charge in [-0.3, -0.25) is 49.8 Å². The number of ether oxygens (including phenoxy) is 4. The predicted octanol–water partition coefficient (Wildman–Crippen LogP) is 11.6. The molecule has 2 heterocycles. The van der Waals surface area contributed by atoms with E-state index in [2.05, 4.69) is 63.5 Å². The van der Waals surface area contributed by atoms with Crippen molar-refractivity contribution in [1.82, 2.24) is 30.0 Å². The molecule has 0 aliphatic carbocycles. The summed E-state index contributed by atoms with van der Waals surface area (Å²) in [5, 5.41) is 90.3. The van der Waals surface area contributed by atoms with Crippen molar-refractivity contribution in [2.45, 2.75) is 71.9 Å². The number of aliphatic hydroxyl groups is 2. The highest BCUT2D eigenvalue weighted by atomic mass is 79.9. The van der Waals surface area contributed by atoms with Gasteiger partial charge in [-0.15, -0.1) is 10.2 Å². The SMILES string of the molecule is CCc1cn(CCCOc2ccc(N=[N+]=[N-])cc2)nn1.CCc1cn(CCCOc2ccc([N+](=O)[O-])cc2)nn1.O=[N+]([O-])c1ccc(O)cc1.O=[N+]([O-])c1ccc(OCCCO)cc1.OCCCBr.[N-]=[N+]=NCCCOc1ccc([N+](=O)[O-])cc1. The minimum absolute atomic E-state index is 0.0159. The first-order valence-corrected chi connectivity index (χ1v) is 27.1. The van der Waals surface area contributed by atoms with Crippen molar-refractivity contribution < 1.29 is 54.0 Å². The lowest BCUT2D eigenvalue weighted by Gasteiger charge is -2.06. The molecule has 0 spiro atoms. The van der Waals surface area contributed by atoms with E-state index in [1.807, 2.05) is 24.0 Å². The number of hydrogen-bond donors (Lipinski definition) is 3. The van der Waals surface area contributed by atoms with Gasteiger partial charge in [0.25, 0.3) is 22.7 Å². The second-order valence-electron chi connectivity index (χ2n) is 16.6. The highest BCUT2D eigenvalue weighted by molar-refractivity contribution is 9.09. The molecule has 0 bridgehead atoms. The molecular weight excluding hydrogens is 1180 g/mol. The lowest BCUT2D eigenvalue weighted by Crippen LogP contribution is -2.05. The first-order valence-electron chi connectivity index (χ1n) is 26.0. The summed E-state index contributed by atoms with van der Waals surface area (Å²) in [6, 6.07) is 29.8. The van der Waals surface area contributed by atoms with Gasteiger partial charge in [0.1, 0.15) is 28.7 Å². The summed E-state index contributed by atoms with van der Waals surface area (Å²) in [6.45, 7) is 8.31. The van der Waals surface area contributed by atoms with Crippen LogP contribution in [0.3, 0.4) is 0 Å². The molecule has 7 aromatic rings. The number of nitro groups is 4. The van der Waals surface area contributed by atoms with Crippen LogP contribution >= 0.6 is 15.9 Å². The number of phenolic OH excluding ortho intramolecular Hbond substituents is 1. The molecule has 0 saturated heterocycles. The number of non-ortho nitro benzene ring substituents is 4. The average molecular weight is 1250 g/mol. The molecule has 0 radical (unpaired) electrons. The number of aromatic hydroxyl groups is 1. The zero-order chi connectivity index (χ0) is 62.5. The molecule has 31 nitrogen and oxygen atoms in total.